The Morgan fingerprint density at radius 1 is 1.30 bits per heavy atom. The Kier molecular flexibility index (Phi) is 4.52. The third kappa shape index (κ3) is 3.22. The highest BCUT2D eigenvalue weighted by atomic mass is 16.5. The van der Waals surface area contributed by atoms with E-state index in [9.17, 15) is 5.11 Å². The maximum Gasteiger partial charge on any atom is 0.0579 e. The molecule has 1 aliphatic rings. The molecule has 112 valence electrons. The molecule has 0 spiro atoms. The van der Waals surface area contributed by atoms with Gasteiger partial charge in [0.25, 0.3) is 0 Å². The molecule has 20 heavy (non-hydrogen) atoms. The summed E-state index contributed by atoms with van der Waals surface area (Å²) in [5, 5.41) is 13.2. The van der Waals surface area contributed by atoms with Crippen LogP contribution in [0.15, 0.2) is 24.3 Å². The molecule has 1 unspecified atom stereocenters. The van der Waals surface area contributed by atoms with Crippen molar-refractivity contribution in [2.45, 2.75) is 33.7 Å². The molecule has 1 heterocycles. The van der Waals surface area contributed by atoms with Crippen molar-refractivity contribution in [3.05, 3.63) is 35.4 Å². The molecule has 1 aromatic carbocycles. The summed E-state index contributed by atoms with van der Waals surface area (Å²) in [4.78, 5) is 0. The number of aryl methyl sites for hydroxylation is 1. The first-order valence-electron chi connectivity index (χ1n) is 7.35. The van der Waals surface area contributed by atoms with Crippen molar-refractivity contribution in [2.75, 3.05) is 26.4 Å². The molecule has 0 radical (unpaired) electrons. The minimum atomic E-state index is -0.0911. The molecule has 1 aromatic rings. The molecule has 0 bridgehead atoms. The van der Waals surface area contributed by atoms with Crippen LogP contribution in [0, 0.1) is 17.8 Å². The van der Waals surface area contributed by atoms with E-state index in [0.717, 1.165) is 6.54 Å². The van der Waals surface area contributed by atoms with E-state index in [4.69, 9.17) is 4.74 Å². The standard InChI is InChI=1S/C17H27NO2/c1-13-7-5-6-8-14(13)15(16(2,3)4)18-9-17(10-19)11-20-12-17/h5-8,15,18-19H,9-12H2,1-4H3. The van der Waals surface area contributed by atoms with Crippen LogP contribution in [0.2, 0.25) is 0 Å². The van der Waals surface area contributed by atoms with Gasteiger partial charge >= 0.3 is 0 Å². The van der Waals surface area contributed by atoms with Gasteiger partial charge in [0.15, 0.2) is 0 Å². The molecular formula is C17H27NO2. The minimum absolute atomic E-state index is 0.0911. The van der Waals surface area contributed by atoms with Crippen LogP contribution in [0.4, 0.5) is 0 Å². The van der Waals surface area contributed by atoms with Gasteiger partial charge in [-0.2, -0.15) is 0 Å². The average molecular weight is 277 g/mol. The number of hydrogen-bond donors (Lipinski definition) is 2. The van der Waals surface area contributed by atoms with Crippen LogP contribution >= 0.6 is 0 Å². The number of rotatable bonds is 5. The molecule has 0 aliphatic carbocycles. The first-order valence-corrected chi connectivity index (χ1v) is 7.35. The topological polar surface area (TPSA) is 41.5 Å². The number of ether oxygens (including phenoxy) is 1. The van der Waals surface area contributed by atoms with Crippen molar-refractivity contribution < 1.29 is 9.84 Å². The highest BCUT2D eigenvalue weighted by Crippen LogP contribution is 2.36. The van der Waals surface area contributed by atoms with E-state index >= 15 is 0 Å². The number of benzene rings is 1. The van der Waals surface area contributed by atoms with Gasteiger partial charge in [0.05, 0.1) is 25.2 Å². The lowest BCUT2D eigenvalue weighted by Crippen LogP contribution is -2.53. The molecule has 3 heteroatoms. The van der Waals surface area contributed by atoms with E-state index in [1.807, 2.05) is 0 Å². The predicted octanol–water partition coefficient (Wildman–Crippen LogP) is 2.68. The second-order valence-corrected chi connectivity index (χ2v) is 7.19. The monoisotopic (exact) mass is 277 g/mol. The summed E-state index contributed by atoms with van der Waals surface area (Å²) in [6, 6.07) is 8.79. The summed E-state index contributed by atoms with van der Waals surface area (Å²) >= 11 is 0. The Bertz CT molecular complexity index is 441. The van der Waals surface area contributed by atoms with Crippen molar-refractivity contribution in [3.8, 4) is 0 Å². The van der Waals surface area contributed by atoms with E-state index in [0.29, 0.717) is 13.2 Å². The Balaban J connectivity index is 2.15. The third-order valence-electron chi connectivity index (χ3n) is 4.20. The van der Waals surface area contributed by atoms with E-state index in [-0.39, 0.29) is 23.5 Å². The molecule has 1 aliphatic heterocycles. The molecule has 3 nitrogen and oxygen atoms in total. The first kappa shape index (κ1) is 15.5. The smallest absolute Gasteiger partial charge is 0.0579 e. The lowest BCUT2D eigenvalue weighted by atomic mass is 9.79. The molecule has 0 saturated carbocycles. The highest BCUT2D eigenvalue weighted by molar-refractivity contribution is 5.30. The van der Waals surface area contributed by atoms with Crippen LogP contribution in [-0.2, 0) is 4.74 Å². The van der Waals surface area contributed by atoms with E-state index in [1.165, 1.54) is 11.1 Å². The van der Waals surface area contributed by atoms with Gasteiger partial charge in [-0.15, -0.1) is 0 Å². The van der Waals surface area contributed by atoms with Crippen molar-refractivity contribution in [2.24, 2.45) is 10.8 Å². The minimum Gasteiger partial charge on any atom is -0.396 e. The normalized spacial score (nSPS) is 19.4. The zero-order valence-electron chi connectivity index (χ0n) is 13.1. The van der Waals surface area contributed by atoms with Crippen molar-refractivity contribution >= 4 is 0 Å². The van der Waals surface area contributed by atoms with Crippen molar-refractivity contribution in [3.63, 3.8) is 0 Å². The van der Waals surface area contributed by atoms with Crippen LogP contribution in [0.25, 0.3) is 0 Å². The van der Waals surface area contributed by atoms with E-state index in [2.05, 4.69) is 57.3 Å². The van der Waals surface area contributed by atoms with Gasteiger partial charge in [-0.05, 0) is 23.5 Å². The first-order chi connectivity index (χ1) is 9.38. The number of nitrogens with one attached hydrogen (secondary N) is 1. The zero-order valence-corrected chi connectivity index (χ0v) is 13.1. The maximum absolute atomic E-state index is 9.56. The Morgan fingerprint density at radius 3 is 2.40 bits per heavy atom. The molecule has 2 rings (SSSR count). The number of aliphatic hydroxyl groups is 1. The Morgan fingerprint density at radius 2 is 1.95 bits per heavy atom. The Hall–Kier alpha value is -0.900. The SMILES string of the molecule is Cc1ccccc1C(NCC1(CO)COC1)C(C)(C)C. The molecule has 2 N–H and O–H groups in total. The molecule has 0 aromatic heterocycles. The van der Waals surface area contributed by atoms with Gasteiger partial charge in [0, 0.05) is 12.6 Å². The van der Waals surface area contributed by atoms with Crippen LogP contribution in [0.1, 0.15) is 37.9 Å². The predicted molar refractivity (Wildman–Crippen MR) is 81.7 cm³/mol. The highest BCUT2D eigenvalue weighted by Gasteiger charge is 2.39. The molecular weight excluding hydrogens is 250 g/mol. The summed E-state index contributed by atoms with van der Waals surface area (Å²) in [6.45, 7) is 11.2. The Labute approximate surface area is 122 Å². The van der Waals surface area contributed by atoms with Crippen LogP contribution in [-0.4, -0.2) is 31.5 Å². The summed E-state index contributed by atoms with van der Waals surface area (Å²) in [5.41, 5.74) is 2.68. The second-order valence-electron chi connectivity index (χ2n) is 7.19. The second kappa shape index (κ2) is 5.84. The maximum atomic E-state index is 9.56. The average Bonchev–Trinajstić information content (AvgIpc) is 2.33. The third-order valence-corrected chi connectivity index (χ3v) is 4.20. The lowest BCUT2D eigenvalue weighted by molar-refractivity contribution is -0.136. The summed E-state index contributed by atoms with van der Waals surface area (Å²) < 4.78 is 5.28. The summed E-state index contributed by atoms with van der Waals surface area (Å²) in [7, 11) is 0. The van der Waals surface area contributed by atoms with Crippen molar-refractivity contribution in [1.29, 1.82) is 0 Å². The van der Waals surface area contributed by atoms with Crippen LogP contribution in [0.5, 0.6) is 0 Å². The van der Waals surface area contributed by atoms with Gasteiger partial charge < -0.3 is 15.2 Å². The van der Waals surface area contributed by atoms with Crippen LogP contribution in [0.3, 0.4) is 0 Å². The fourth-order valence-corrected chi connectivity index (χ4v) is 2.75. The summed E-state index contributed by atoms with van der Waals surface area (Å²) in [5.74, 6) is 0. The quantitative estimate of drug-likeness (QED) is 0.869. The summed E-state index contributed by atoms with van der Waals surface area (Å²) in [6.07, 6.45) is 0. The number of hydrogen-bond acceptors (Lipinski definition) is 3. The van der Waals surface area contributed by atoms with Gasteiger partial charge in [-0.1, -0.05) is 45.0 Å². The van der Waals surface area contributed by atoms with Crippen LogP contribution < -0.4 is 5.32 Å². The van der Waals surface area contributed by atoms with E-state index < -0.39 is 0 Å². The van der Waals surface area contributed by atoms with E-state index in [1.54, 1.807) is 0 Å². The fourth-order valence-electron chi connectivity index (χ4n) is 2.75. The molecule has 1 saturated heterocycles. The van der Waals surface area contributed by atoms with Gasteiger partial charge in [-0.3, -0.25) is 0 Å². The number of aliphatic hydroxyl groups excluding tert-OH is 1. The lowest BCUT2D eigenvalue weighted by Gasteiger charge is -2.43. The molecule has 1 fully saturated rings. The van der Waals surface area contributed by atoms with Gasteiger partial charge in [0.1, 0.15) is 0 Å². The fraction of sp³-hybridized carbons (Fsp3) is 0.647. The van der Waals surface area contributed by atoms with Crippen molar-refractivity contribution in [1.82, 2.24) is 5.32 Å². The molecule has 0 amide bonds. The zero-order chi connectivity index (χ0) is 14.8. The van der Waals surface area contributed by atoms with Gasteiger partial charge in [0.2, 0.25) is 0 Å². The molecule has 1 atom stereocenters. The van der Waals surface area contributed by atoms with Gasteiger partial charge in [-0.25, -0.2) is 0 Å². The largest absolute Gasteiger partial charge is 0.396 e.